The van der Waals surface area contributed by atoms with Crippen molar-refractivity contribution in [3.8, 4) is 0 Å². The number of rotatable bonds is 2. The van der Waals surface area contributed by atoms with Crippen molar-refractivity contribution in [1.82, 2.24) is 4.90 Å². The number of carboxylic acids is 1. The van der Waals surface area contributed by atoms with E-state index in [1.54, 1.807) is 12.1 Å². The third-order valence-electron chi connectivity index (χ3n) is 4.50. The number of nitrogens with zero attached hydrogens (tertiary/aromatic N) is 1. The third-order valence-corrected chi connectivity index (χ3v) is 4.50. The lowest BCUT2D eigenvalue weighted by molar-refractivity contribution is -0.137. The number of ether oxygens (including phenoxy) is 1. The van der Waals surface area contributed by atoms with E-state index in [-0.39, 0.29) is 17.9 Å². The van der Waals surface area contributed by atoms with E-state index < -0.39 is 5.97 Å². The lowest BCUT2D eigenvalue weighted by Crippen LogP contribution is -2.42. The minimum absolute atomic E-state index is 0.0238. The summed E-state index contributed by atoms with van der Waals surface area (Å²) in [4.78, 5) is 25.6. The molecule has 2 aliphatic rings. The molecule has 1 aromatic carbocycles. The molecule has 5 heteroatoms. The van der Waals surface area contributed by atoms with Crippen LogP contribution < -0.4 is 0 Å². The van der Waals surface area contributed by atoms with Gasteiger partial charge in [-0.15, -0.1) is 0 Å². The SMILES string of the molecule is CC1OCCC1C(=O)N1CCc2c(cccc2C(=O)O)C1. The molecule has 0 aromatic heterocycles. The molecule has 1 saturated heterocycles. The maximum absolute atomic E-state index is 12.6. The zero-order chi connectivity index (χ0) is 15.0. The number of amides is 1. The van der Waals surface area contributed by atoms with Crippen molar-refractivity contribution >= 4 is 11.9 Å². The van der Waals surface area contributed by atoms with E-state index in [4.69, 9.17) is 4.74 Å². The predicted molar refractivity (Wildman–Crippen MR) is 76.0 cm³/mol. The molecule has 112 valence electrons. The quantitative estimate of drug-likeness (QED) is 0.899. The van der Waals surface area contributed by atoms with Gasteiger partial charge in [0.1, 0.15) is 0 Å². The Labute approximate surface area is 123 Å². The first-order chi connectivity index (χ1) is 10.1. The zero-order valence-electron chi connectivity index (χ0n) is 12.0. The van der Waals surface area contributed by atoms with Crippen LogP contribution in [0.2, 0.25) is 0 Å². The van der Waals surface area contributed by atoms with E-state index in [0.717, 1.165) is 17.5 Å². The average molecular weight is 289 g/mol. The molecule has 1 aromatic rings. The van der Waals surface area contributed by atoms with Gasteiger partial charge in [-0.3, -0.25) is 4.79 Å². The van der Waals surface area contributed by atoms with Crippen LogP contribution in [0.5, 0.6) is 0 Å². The van der Waals surface area contributed by atoms with E-state index in [9.17, 15) is 14.7 Å². The van der Waals surface area contributed by atoms with Gasteiger partial charge < -0.3 is 14.7 Å². The van der Waals surface area contributed by atoms with Gasteiger partial charge >= 0.3 is 5.97 Å². The van der Waals surface area contributed by atoms with Crippen molar-refractivity contribution in [2.24, 2.45) is 5.92 Å². The van der Waals surface area contributed by atoms with Crippen molar-refractivity contribution in [1.29, 1.82) is 0 Å². The fraction of sp³-hybridized carbons (Fsp3) is 0.500. The molecule has 0 radical (unpaired) electrons. The maximum Gasteiger partial charge on any atom is 0.335 e. The summed E-state index contributed by atoms with van der Waals surface area (Å²) >= 11 is 0. The highest BCUT2D eigenvalue weighted by Crippen LogP contribution is 2.27. The first-order valence-electron chi connectivity index (χ1n) is 7.32. The summed E-state index contributed by atoms with van der Waals surface area (Å²) in [6.07, 6.45) is 1.36. The first-order valence-corrected chi connectivity index (χ1v) is 7.32. The Morgan fingerprint density at radius 2 is 2.19 bits per heavy atom. The second-order valence-corrected chi connectivity index (χ2v) is 5.73. The predicted octanol–water partition coefficient (Wildman–Crippen LogP) is 1.69. The molecule has 1 amide bonds. The van der Waals surface area contributed by atoms with Gasteiger partial charge in [-0.1, -0.05) is 12.1 Å². The summed E-state index contributed by atoms with van der Waals surface area (Å²) in [6, 6.07) is 5.29. The molecule has 2 unspecified atom stereocenters. The first kappa shape index (κ1) is 14.1. The smallest absolute Gasteiger partial charge is 0.335 e. The van der Waals surface area contributed by atoms with Crippen LogP contribution in [-0.2, 0) is 22.5 Å². The standard InChI is InChI=1S/C16H19NO4/c1-10-12(6-8-21-10)15(18)17-7-5-13-11(9-17)3-2-4-14(13)16(19)20/h2-4,10,12H,5-9H2,1H3,(H,19,20). The molecule has 0 saturated carbocycles. The highest BCUT2D eigenvalue weighted by Gasteiger charge is 2.35. The summed E-state index contributed by atoms with van der Waals surface area (Å²) in [5.74, 6) is -0.829. The van der Waals surface area contributed by atoms with Crippen LogP contribution in [0.3, 0.4) is 0 Å². The zero-order valence-corrected chi connectivity index (χ0v) is 12.0. The van der Waals surface area contributed by atoms with Gasteiger partial charge in [0.15, 0.2) is 0 Å². The van der Waals surface area contributed by atoms with E-state index in [1.807, 2.05) is 17.9 Å². The lowest BCUT2D eigenvalue weighted by Gasteiger charge is -2.32. The molecule has 1 fully saturated rings. The Hall–Kier alpha value is -1.88. The number of benzene rings is 1. The second-order valence-electron chi connectivity index (χ2n) is 5.73. The minimum atomic E-state index is -0.899. The molecule has 0 bridgehead atoms. The largest absolute Gasteiger partial charge is 0.478 e. The van der Waals surface area contributed by atoms with Crippen molar-refractivity contribution in [3.63, 3.8) is 0 Å². The number of carbonyl (C=O) groups is 2. The number of hydrogen-bond donors (Lipinski definition) is 1. The van der Waals surface area contributed by atoms with Crippen LogP contribution >= 0.6 is 0 Å². The molecule has 5 nitrogen and oxygen atoms in total. The van der Waals surface area contributed by atoms with Gasteiger partial charge in [-0.05, 0) is 37.0 Å². The van der Waals surface area contributed by atoms with Crippen LogP contribution in [0.15, 0.2) is 18.2 Å². The number of aromatic carboxylic acids is 1. The van der Waals surface area contributed by atoms with Crippen LogP contribution in [0, 0.1) is 5.92 Å². The Morgan fingerprint density at radius 3 is 2.86 bits per heavy atom. The fourth-order valence-electron chi connectivity index (χ4n) is 3.29. The second kappa shape index (κ2) is 5.48. The molecule has 2 heterocycles. The van der Waals surface area contributed by atoms with E-state index >= 15 is 0 Å². The topological polar surface area (TPSA) is 66.8 Å². The highest BCUT2D eigenvalue weighted by atomic mass is 16.5. The summed E-state index contributed by atoms with van der Waals surface area (Å²) < 4.78 is 5.47. The van der Waals surface area contributed by atoms with Gasteiger partial charge in [-0.25, -0.2) is 4.79 Å². The van der Waals surface area contributed by atoms with Gasteiger partial charge in [0, 0.05) is 19.7 Å². The van der Waals surface area contributed by atoms with E-state index in [2.05, 4.69) is 0 Å². The van der Waals surface area contributed by atoms with Gasteiger partial charge in [0.25, 0.3) is 0 Å². The summed E-state index contributed by atoms with van der Waals surface area (Å²) in [7, 11) is 0. The van der Waals surface area contributed by atoms with Crippen molar-refractivity contribution < 1.29 is 19.4 Å². The molecule has 2 aliphatic heterocycles. The van der Waals surface area contributed by atoms with Gasteiger partial charge in [0.05, 0.1) is 17.6 Å². The lowest BCUT2D eigenvalue weighted by atomic mass is 9.93. The molecule has 21 heavy (non-hydrogen) atoms. The normalized spacial score (nSPS) is 24.7. The number of fused-ring (bicyclic) bond motifs is 1. The number of hydrogen-bond acceptors (Lipinski definition) is 3. The molecular formula is C16H19NO4. The molecule has 0 aliphatic carbocycles. The maximum atomic E-state index is 12.6. The average Bonchev–Trinajstić information content (AvgIpc) is 2.91. The Morgan fingerprint density at radius 1 is 1.38 bits per heavy atom. The molecule has 0 spiro atoms. The molecule has 2 atom stereocenters. The highest BCUT2D eigenvalue weighted by molar-refractivity contribution is 5.90. The van der Waals surface area contributed by atoms with E-state index in [0.29, 0.717) is 31.7 Å². The van der Waals surface area contributed by atoms with Crippen molar-refractivity contribution in [2.45, 2.75) is 32.4 Å². The van der Waals surface area contributed by atoms with Crippen molar-refractivity contribution in [2.75, 3.05) is 13.2 Å². The van der Waals surface area contributed by atoms with E-state index in [1.165, 1.54) is 0 Å². The Bertz CT molecular complexity index is 584. The number of carboxylic acid groups (broad SMARTS) is 1. The Kier molecular flexibility index (Phi) is 3.68. The summed E-state index contributed by atoms with van der Waals surface area (Å²) in [6.45, 7) is 3.67. The minimum Gasteiger partial charge on any atom is -0.478 e. The fourth-order valence-corrected chi connectivity index (χ4v) is 3.29. The van der Waals surface area contributed by atoms with Crippen LogP contribution in [0.25, 0.3) is 0 Å². The van der Waals surface area contributed by atoms with Crippen molar-refractivity contribution in [3.05, 3.63) is 34.9 Å². The molecule has 1 N–H and O–H groups in total. The summed E-state index contributed by atoms with van der Waals surface area (Å²) in [5.41, 5.74) is 2.17. The molecular weight excluding hydrogens is 270 g/mol. The monoisotopic (exact) mass is 289 g/mol. The van der Waals surface area contributed by atoms with Gasteiger partial charge in [-0.2, -0.15) is 0 Å². The van der Waals surface area contributed by atoms with Crippen LogP contribution in [0.1, 0.15) is 34.8 Å². The molecule has 3 rings (SSSR count). The third kappa shape index (κ3) is 2.53. The summed E-state index contributed by atoms with van der Waals surface area (Å²) in [5, 5.41) is 9.23. The van der Waals surface area contributed by atoms with Crippen LogP contribution in [-0.4, -0.2) is 41.1 Å². The van der Waals surface area contributed by atoms with Gasteiger partial charge in [0.2, 0.25) is 5.91 Å². The number of carbonyl (C=O) groups excluding carboxylic acids is 1. The van der Waals surface area contributed by atoms with Crippen LogP contribution in [0.4, 0.5) is 0 Å². The Balaban J connectivity index is 1.80.